The second-order valence-corrected chi connectivity index (χ2v) is 9.16. The zero-order valence-corrected chi connectivity index (χ0v) is 17.9. The number of hydrogen-bond donors (Lipinski definition) is 3. The molecular formula is C20H20N4O4S2. The van der Waals surface area contributed by atoms with E-state index >= 15 is 0 Å². The number of rotatable bonds is 7. The molecule has 0 atom stereocenters. The fraction of sp³-hybridized carbons (Fsp3) is 0.150. The van der Waals surface area contributed by atoms with Gasteiger partial charge < -0.3 is 5.32 Å². The van der Waals surface area contributed by atoms with Crippen molar-refractivity contribution in [2.75, 3.05) is 16.3 Å². The summed E-state index contributed by atoms with van der Waals surface area (Å²) < 4.78 is 24.8. The number of nitrogens with one attached hydrogen (secondary N) is 3. The molecule has 1 heterocycles. The molecule has 0 bridgehead atoms. The Morgan fingerprint density at radius 3 is 2.30 bits per heavy atom. The highest BCUT2D eigenvalue weighted by Crippen LogP contribution is 2.25. The summed E-state index contributed by atoms with van der Waals surface area (Å²) in [6.45, 7) is 1.94. The van der Waals surface area contributed by atoms with Gasteiger partial charge in [-0.05, 0) is 29.8 Å². The fourth-order valence-electron chi connectivity index (χ4n) is 2.56. The molecule has 0 aliphatic carbocycles. The van der Waals surface area contributed by atoms with Crippen molar-refractivity contribution in [2.45, 2.75) is 13.5 Å². The Bertz CT molecular complexity index is 1150. The summed E-state index contributed by atoms with van der Waals surface area (Å²) in [6, 6.07) is 13.7. The van der Waals surface area contributed by atoms with Gasteiger partial charge in [0.05, 0.1) is 11.9 Å². The standard InChI is InChI=1S/C20H20N4O4S2/c1-13(25)21-11-14-3-5-15(6-4-14)18-12-29-20(22-18)23-19(26)16-7-9-17(10-8-16)24-30(2,27)28/h3-10,12,24H,11H2,1-2H3,(H,21,25)(H,22,23,26). The molecule has 0 saturated heterocycles. The highest BCUT2D eigenvalue weighted by molar-refractivity contribution is 7.92. The molecule has 1 aromatic heterocycles. The maximum atomic E-state index is 12.4. The average Bonchev–Trinajstić information content (AvgIpc) is 3.14. The molecular weight excluding hydrogens is 424 g/mol. The molecule has 0 fully saturated rings. The molecule has 0 unspecified atom stereocenters. The molecule has 8 nitrogen and oxygen atoms in total. The van der Waals surface area contributed by atoms with Gasteiger partial charge in [0, 0.05) is 35.7 Å². The minimum Gasteiger partial charge on any atom is -0.352 e. The summed E-state index contributed by atoms with van der Waals surface area (Å²) in [5.74, 6) is -0.423. The number of anilines is 2. The summed E-state index contributed by atoms with van der Waals surface area (Å²) in [5, 5.41) is 7.78. The van der Waals surface area contributed by atoms with Crippen LogP contribution in [-0.2, 0) is 21.4 Å². The van der Waals surface area contributed by atoms with E-state index in [-0.39, 0.29) is 11.8 Å². The lowest BCUT2D eigenvalue weighted by atomic mass is 10.1. The molecule has 156 valence electrons. The number of aromatic nitrogens is 1. The van der Waals surface area contributed by atoms with Crippen LogP contribution in [0.1, 0.15) is 22.8 Å². The Morgan fingerprint density at radius 2 is 1.70 bits per heavy atom. The van der Waals surface area contributed by atoms with Gasteiger partial charge in [0.15, 0.2) is 5.13 Å². The Hall–Kier alpha value is -3.24. The van der Waals surface area contributed by atoms with Crippen LogP contribution in [0.5, 0.6) is 0 Å². The average molecular weight is 445 g/mol. The SMILES string of the molecule is CC(=O)NCc1ccc(-c2csc(NC(=O)c3ccc(NS(C)(=O)=O)cc3)n2)cc1. The highest BCUT2D eigenvalue weighted by atomic mass is 32.2. The third-order valence-corrected chi connectivity index (χ3v) is 5.33. The largest absolute Gasteiger partial charge is 0.352 e. The minimum atomic E-state index is -3.37. The van der Waals surface area contributed by atoms with Crippen molar-refractivity contribution in [1.82, 2.24) is 10.3 Å². The predicted molar refractivity (Wildman–Crippen MR) is 118 cm³/mol. The van der Waals surface area contributed by atoms with Gasteiger partial charge in [-0.25, -0.2) is 13.4 Å². The predicted octanol–water partition coefficient (Wildman–Crippen LogP) is 3.07. The lowest BCUT2D eigenvalue weighted by Crippen LogP contribution is -2.18. The van der Waals surface area contributed by atoms with E-state index in [2.05, 4.69) is 20.3 Å². The van der Waals surface area contributed by atoms with Crippen molar-refractivity contribution in [3.8, 4) is 11.3 Å². The van der Waals surface area contributed by atoms with E-state index in [0.29, 0.717) is 22.9 Å². The maximum absolute atomic E-state index is 12.4. The van der Waals surface area contributed by atoms with E-state index in [1.54, 1.807) is 0 Å². The Kier molecular flexibility index (Phi) is 6.48. The number of thiazole rings is 1. The molecule has 0 aliphatic rings. The van der Waals surface area contributed by atoms with Crippen LogP contribution in [0.2, 0.25) is 0 Å². The molecule has 0 saturated carbocycles. The summed E-state index contributed by atoms with van der Waals surface area (Å²) in [7, 11) is -3.37. The number of carbonyl (C=O) groups excluding carboxylic acids is 2. The Labute approximate surface area is 178 Å². The van der Waals surface area contributed by atoms with Gasteiger partial charge in [0.25, 0.3) is 5.91 Å². The molecule has 0 aliphatic heterocycles. The summed E-state index contributed by atoms with van der Waals surface area (Å²) in [4.78, 5) is 27.8. The zero-order chi connectivity index (χ0) is 21.7. The van der Waals surface area contributed by atoms with Gasteiger partial charge in [0.1, 0.15) is 0 Å². The third-order valence-electron chi connectivity index (χ3n) is 3.97. The van der Waals surface area contributed by atoms with Crippen LogP contribution < -0.4 is 15.4 Å². The van der Waals surface area contributed by atoms with Crippen LogP contribution in [0.3, 0.4) is 0 Å². The highest BCUT2D eigenvalue weighted by Gasteiger charge is 2.11. The molecule has 3 aromatic rings. The lowest BCUT2D eigenvalue weighted by molar-refractivity contribution is -0.119. The first kappa shape index (κ1) is 21.5. The maximum Gasteiger partial charge on any atom is 0.257 e. The summed E-state index contributed by atoms with van der Waals surface area (Å²) >= 11 is 1.31. The normalized spacial score (nSPS) is 11.0. The first-order chi connectivity index (χ1) is 14.2. The van der Waals surface area contributed by atoms with Crippen LogP contribution in [0.25, 0.3) is 11.3 Å². The van der Waals surface area contributed by atoms with E-state index in [1.165, 1.54) is 42.5 Å². The minimum absolute atomic E-state index is 0.0831. The van der Waals surface area contributed by atoms with Crippen molar-refractivity contribution in [2.24, 2.45) is 0 Å². The fourth-order valence-corrected chi connectivity index (χ4v) is 3.84. The van der Waals surface area contributed by atoms with Gasteiger partial charge in [-0.2, -0.15) is 0 Å². The van der Waals surface area contributed by atoms with Crippen LogP contribution in [-0.4, -0.2) is 31.5 Å². The van der Waals surface area contributed by atoms with Gasteiger partial charge in [-0.1, -0.05) is 24.3 Å². The van der Waals surface area contributed by atoms with E-state index in [0.717, 1.165) is 23.1 Å². The first-order valence-electron chi connectivity index (χ1n) is 8.88. The van der Waals surface area contributed by atoms with Crippen molar-refractivity contribution >= 4 is 44.0 Å². The Balaban J connectivity index is 1.63. The summed E-state index contributed by atoms with van der Waals surface area (Å²) in [6.07, 6.45) is 1.06. The number of carbonyl (C=O) groups is 2. The molecule has 0 radical (unpaired) electrons. The van der Waals surface area contributed by atoms with Crippen LogP contribution in [0, 0.1) is 0 Å². The molecule has 2 amide bonds. The monoisotopic (exact) mass is 444 g/mol. The number of nitrogens with zero attached hydrogens (tertiary/aromatic N) is 1. The van der Waals surface area contributed by atoms with Crippen molar-refractivity contribution in [3.05, 3.63) is 65.0 Å². The lowest BCUT2D eigenvalue weighted by Gasteiger charge is -2.05. The summed E-state index contributed by atoms with van der Waals surface area (Å²) in [5.41, 5.74) is 3.37. The molecule has 3 N–H and O–H groups in total. The van der Waals surface area contributed by atoms with Gasteiger partial charge in [-0.15, -0.1) is 11.3 Å². The second-order valence-electron chi connectivity index (χ2n) is 6.55. The topological polar surface area (TPSA) is 117 Å². The zero-order valence-electron chi connectivity index (χ0n) is 16.3. The molecule has 0 spiro atoms. The van der Waals surface area contributed by atoms with E-state index in [1.807, 2.05) is 29.6 Å². The smallest absolute Gasteiger partial charge is 0.257 e. The van der Waals surface area contributed by atoms with E-state index in [4.69, 9.17) is 0 Å². The van der Waals surface area contributed by atoms with Gasteiger partial charge >= 0.3 is 0 Å². The number of amides is 2. The first-order valence-corrected chi connectivity index (χ1v) is 11.7. The molecule has 30 heavy (non-hydrogen) atoms. The molecule has 10 heteroatoms. The van der Waals surface area contributed by atoms with Gasteiger partial charge in [-0.3, -0.25) is 19.6 Å². The Morgan fingerprint density at radius 1 is 1.03 bits per heavy atom. The van der Waals surface area contributed by atoms with Crippen LogP contribution in [0.15, 0.2) is 53.9 Å². The second kappa shape index (κ2) is 9.06. The van der Waals surface area contributed by atoms with Crippen molar-refractivity contribution in [3.63, 3.8) is 0 Å². The quantitative estimate of drug-likeness (QED) is 0.518. The van der Waals surface area contributed by atoms with Crippen LogP contribution in [0.4, 0.5) is 10.8 Å². The number of hydrogen-bond acceptors (Lipinski definition) is 6. The number of sulfonamides is 1. The third kappa shape index (κ3) is 6.13. The van der Waals surface area contributed by atoms with E-state index < -0.39 is 10.0 Å². The molecule has 3 rings (SSSR count). The number of benzene rings is 2. The van der Waals surface area contributed by atoms with Crippen molar-refractivity contribution < 1.29 is 18.0 Å². The van der Waals surface area contributed by atoms with Crippen molar-refractivity contribution in [1.29, 1.82) is 0 Å². The van der Waals surface area contributed by atoms with Gasteiger partial charge in [0.2, 0.25) is 15.9 Å². The van der Waals surface area contributed by atoms with Crippen LogP contribution >= 0.6 is 11.3 Å². The van der Waals surface area contributed by atoms with E-state index in [9.17, 15) is 18.0 Å². The molecule has 2 aromatic carbocycles.